The smallest absolute Gasteiger partial charge is 0.0338 e. The highest BCUT2D eigenvalue weighted by Crippen LogP contribution is 2.66. The third kappa shape index (κ3) is 1.50. The van der Waals surface area contributed by atoms with Crippen LogP contribution in [0.5, 0.6) is 0 Å². The van der Waals surface area contributed by atoms with E-state index in [1.807, 2.05) is 5.01 Å². The lowest BCUT2D eigenvalue weighted by molar-refractivity contribution is -0.170. The van der Waals surface area contributed by atoms with Gasteiger partial charge in [-0.15, -0.1) is 0 Å². The molecule has 0 amide bonds. The highest BCUT2D eigenvalue weighted by molar-refractivity contribution is 5.23. The summed E-state index contributed by atoms with van der Waals surface area (Å²) >= 11 is 0. The fraction of sp³-hybridized carbons (Fsp3) is 1.00. The number of nitrogens with two attached hydrogens (primary N) is 2. The number of piperazine rings is 1. The molecule has 0 aromatic rings. The molecule has 15 heavy (non-hydrogen) atoms. The summed E-state index contributed by atoms with van der Waals surface area (Å²) in [6.07, 6.45) is 3.83. The molecule has 0 aromatic carbocycles. The Labute approximate surface area is 90.7 Å². The predicted molar refractivity (Wildman–Crippen MR) is 58.5 cm³/mol. The van der Waals surface area contributed by atoms with Gasteiger partial charge in [-0.05, 0) is 24.7 Å². The molecule has 1 aliphatic heterocycles. The normalized spacial score (nSPS) is 46.0. The van der Waals surface area contributed by atoms with Crippen LogP contribution in [0.4, 0.5) is 0 Å². The van der Waals surface area contributed by atoms with Gasteiger partial charge in [0.05, 0.1) is 0 Å². The summed E-state index contributed by atoms with van der Waals surface area (Å²) in [5.74, 6) is 11.3. The van der Waals surface area contributed by atoms with Crippen molar-refractivity contribution < 1.29 is 0 Å². The summed E-state index contributed by atoms with van der Waals surface area (Å²) in [6, 6.07) is 0. The van der Waals surface area contributed by atoms with Gasteiger partial charge in [-0.1, -0.05) is 0 Å². The van der Waals surface area contributed by atoms with Gasteiger partial charge in [-0.3, -0.25) is 17.1 Å². The molecular weight excluding hydrogens is 190 g/mol. The van der Waals surface area contributed by atoms with Gasteiger partial charge in [0, 0.05) is 38.3 Å². The van der Waals surface area contributed by atoms with E-state index < -0.39 is 0 Å². The molecule has 5 nitrogen and oxygen atoms in total. The largest absolute Gasteiger partial charge is 0.300 e. The number of nitrogens with zero attached hydrogens (tertiary/aromatic N) is 2. The number of hydrogen-bond donors (Lipinski definition) is 3. The van der Waals surface area contributed by atoms with E-state index in [0.29, 0.717) is 11.0 Å². The van der Waals surface area contributed by atoms with Crippen LogP contribution in [0.2, 0.25) is 0 Å². The quantitative estimate of drug-likeness (QED) is 0.407. The third-order valence-electron chi connectivity index (χ3n) is 4.41. The van der Waals surface area contributed by atoms with Crippen LogP contribution in [0.25, 0.3) is 0 Å². The second-order valence-electron chi connectivity index (χ2n) is 5.77. The lowest BCUT2D eigenvalue weighted by Gasteiger charge is -2.71. The summed E-state index contributed by atoms with van der Waals surface area (Å²) in [4.78, 5) is 2.56. The molecule has 86 valence electrons. The minimum absolute atomic E-state index is 0.329. The Morgan fingerprint density at radius 3 is 2.20 bits per heavy atom. The molecule has 5 N–H and O–H groups in total. The van der Waals surface area contributed by atoms with Gasteiger partial charge >= 0.3 is 0 Å². The fourth-order valence-electron chi connectivity index (χ4n) is 3.71. The summed E-state index contributed by atoms with van der Waals surface area (Å²) in [7, 11) is 0. The topological polar surface area (TPSA) is 70.5 Å². The Bertz CT molecular complexity index is 239. The minimum atomic E-state index is 0.329. The fourth-order valence-corrected chi connectivity index (χ4v) is 3.71. The molecule has 1 heterocycles. The van der Waals surface area contributed by atoms with E-state index in [1.54, 1.807) is 0 Å². The monoisotopic (exact) mass is 211 g/mol. The Kier molecular flexibility index (Phi) is 2.10. The molecule has 0 spiro atoms. The number of hydrazine groups is 2. The van der Waals surface area contributed by atoms with Crippen molar-refractivity contribution in [2.24, 2.45) is 17.1 Å². The first-order valence-electron chi connectivity index (χ1n) is 5.85. The molecule has 1 saturated heterocycles. The molecule has 5 heteroatoms. The van der Waals surface area contributed by atoms with Gasteiger partial charge in [-0.2, -0.15) is 0 Å². The third-order valence-corrected chi connectivity index (χ3v) is 4.41. The first-order valence-corrected chi connectivity index (χ1v) is 5.85. The van der Waals surface area contributed by atoms with E-state index in [0.717, 1.165) is 26.2 Å². The van der Waals surface area contributed by atoms with Gasteiger partial charge in [0.1, 0.15) is 0 Å². The Hall–Kier alpha value is -0.200. The maximum atomic E-state index is 5.74. The van der Waals surface area contributed by atoms with Crippen molar-refractivity contribution in [3.8, 4) is 0 Å². The van der Waals surface area contributed by atoms with E-state index in [4.69, 9.17) is 11.7 Å². The van der Waals surface area contributed by atoms with E-state index in [2.05, 4.69) is 10.3 Å². The summed E-state index contributed by atoms with van der Waals surface area (Å²) in [6.45, 7) is 5.53. The average molecular weight is 211 g/mol. The second-order valence-corrected chi connectivity index (χ2v) is 5.77. The first kappa shape index (κ1) is 9.99. The molecule has 3 aliphatic carbocycles. The molecule has 4 rings (SSSR count). The number of nitrogens with one attached hydrogen (secondary N) is 1. The Balaban J connectivity index is 1.48. The molecule has 2 bridgehead atoms. The minimum Gasteiger partial charge on any atom is -0.300 e. The maximum absolute atomic E-state index is 5.74. The molecule has 0 aromatic heterocycles. The van der Waals surface area contributed by atoms with Crippen LogP contribution in [-0.4, -0.2) is 48.2 Å². The van der Waals surface area contributed by atoms with E-state index in [9.17, 15) is 0 Å². The molecule has 4 fully saturated rings. The molecular formula is C10H21N5. The van der Waals surface area contributed by atoms with Crippen LogP contribution in [0.15, 0.2) is 0 Å². The highest BCUT2D eigenvalue weighted by atomic mass is 15.4. The first-order chi connectivity index (χ1) is 7.15. The molecule has 0 atom stereocenters. The standard InChI is InChI=1S/C10H21N5/c11-13-10-5-9(6-10,7-10)8-14-1-3-15(12)4-2-14/h13H,1-8,11-12H2. The molecule has 0 radical (unpaired) electrons. The van der Waals surface area contributed by atoms with Gasteiger partial charge in [0.15, 0.2) is 0 Å². The zero-order chi connectivity index (χ0) is 10.5. The van der Waals surface area contributed by atoms with E-state index >= 15 is 0 Å². The van der Waals surface area contributed by atoms with Crippen molar-refractivity contribution in [2.75, 3.05) is 32.7 Å². The van der Waals surface area contributed by atoms with Gasteiger partial charge in [0.2, 0.25) is 0 Å². The van der Waals surface area contributed by atoms with Crippen LogP contribution in [0.1, 0.15) is 19.3 Å². The molecule has 3 saturated carbocycles. The highest BCUT2D eigenvalue weighted by Gasteiger charge is 2.67. The summed E-state index contributed by atoms with van der Waals surface area (Å²) in [5, 5.41) is 1.92. The SMILES string of the molecule is NNC12CC(CN3CCN(N)CC3)(C1)C2. The van der Waals surface area contributed by atoms with Crippen molar-refractivity contribution in [3.05, 3.63) is 0 Å². The second kappa shape index (κ2) is 3.15. The van der Waals surface area contributed by atoms with Crippen molar-refractivity contribution in [1.82, 2.24) is 15.3 Å². The Morgan fingerprint density at radius 1 is 1.07 bits per heavy atom. The number of rotatable bonds is 3. The van der Waals surface area contributed by atoms with Crippen LogP contribution in [0, 0.1) is 5.41 Å². The van der Waals surface area contributed by atoms with Crippen molar-refractivity contribution in [2.45, 2.75) is 24.8 Å². The van der Waals surface area contributed by atoms with Crippen LogP contribution in [0.3, 0.4) is 0 Å². The van der Waals surface area contributed by atoms with Gasteiger partial charge < -0.3 is 4.90 Å². The van der Waals surface area contributed by atoms with Crippen molar-refractivity contribution in [1.29, 1.82) is 0 Å². The van der Waals surface area contributed by atoms with Crippen LogP contribution >= 0.6 is 0 Å². The zero-order valence-electron chi connectivity index (χ0n) is 9.21. The van der Waals surface area contributed by atoms with Gasteiger partial charge in [-0.25, -0.2) is 5.01 Å². The number of hydrogen-bond acceptors (Lipinski definition) is 5. The van der Waals surface area contributed by atoms with Crippen molar-refractivity contribution >= 4 is 0 Å². The zero-order valence-corrected chi connectivity index (χ0v) is 9.21. The summed E-state index contributed by atoms with van der Waals surface area (Å²) in [5.41, 5.74) is 3.90. The van der Waals surface area contributed by atoms with Crippen LogP contribution < -0.4 is 17.1 Å². The van der Waals surface area contributed by atoms with Crippen LogP contribution in [-0.2, 0) is 0 Å². The Morgan fingerprint density at radius 2 is 1.67 bits per heavy atom. The molecule has 0 unspecified atom stereocenters. The molecule has 4 aliphatic rings. The van der Waals surface area contributed by atoms with E-state index in [-0.39, 0.29) is 0 Å². The lowest BCUT2D eigenvalue weighted by atomic mass is 9.39. The van der Waals surface area contributed by atoms with Gasteiger partial charge in [0.25, 0.3) is 0 Å². The lowest BCUT2D eigenvalue weighted by Crippen LogP contribution is -2.77. The van der Waals surface area contributed by atoms with Crippen molar-refractivity contribution in [3.63, 3.8) is 0 Å². The van der Waals surface area contributed by atoms with E-state index in [1.165, 1.54) is 25.8 Å². The average Bonchev–Trinajstić information content (AvgIpc) is 2.12. The summed E-state index contributed by atoms with van der Waals surface area (Å²) < 4.78 is 0. The predicted octanol–water partition coefficient (Wildman–Crippen LogP) is -1.14. The maximum Gasteiger partial charge on any atom is 0.0338 e.